The van der Waals surface area contributed by atoms with E-state index in [-0.39, 0.29) is 0 Å². The molecule has 1 atom stereocenters. The van der Waals surface area contributed by atoms with Crippen LogP contribution in [0.15, 0.2) is 18.2 Å². The molecule has 0 fully saturated rings. The minimum Gasteiger partial charge on any atom is -0.508 e. The van der Waals surface area contributed by atoms with E-state index in [0.29, 0.717) is 18.4 Å². The highest BCUT2D eigenvalue weighted by Gasteiger charge is 2.19. The Bertz CT molecular complexity index is 379. The van der Waals surface area contributed by atoms with E-state index in [0.717, 1.165) is 32.2 Å². The molecule has 1 aliphatic carbocycles. The van der Waals surface area contributed by atoms with Gasteiger partial charge in [-0.05, 0) is 68.3 Å². The fraction of sp³-hybridized carbons (Fsp3) is 0.600. The van der Waals surface area contributed by atoms with E-state index in [1.165, 1.54) is 24.0 Å². The zero-order chi connectivity index (χ0) is 12.8. The van der Waals surface area contributed by atoms with Crippen LogP contribution in [0.2, 0.25) is 0 Å². The van der Waals surface area contributed by atoms with E-state index in [1.54, 1.807) is 6.07 Å². The number of aliphatic hydroxyl groups is 1. The minimum atomic E-state index is 0.297. The molecule has 100 valence electrons. The first kappa shape index (κ1) is 13.4. The van der Waals surface area contributed by atoms with Crippen LogP contribution in [-0.2, 0) is 6.42 Å². The van der Waals surface area contributed by atoms with Crippen molar-refractivity contribution in [3.8, 4) is 5.75 Å². The van der Waals surface area contributed by atoms with Gasteiger partial charge < -0.3 is 15.5 Å². The highest BCUT2D eigenvalue weighted by atomic mass is 16.3. The van der Waals surface area contributed by atoms with Crippen molar-refractivity contribution in [2.45, 2.75) is 44.6 Å². The summed E-state index contributed by atoms with van der Waals surface area (Å²) >= 11 is 0. The molecule has 1 aromatic carbocycles. The van der Waals surface area contributed by atoms with E-state index >= 15 is 0 Å². The Morgan fingerprint density at radius 1 is 1.22 bits per heavy atom. The van der Waals surface area contributed by atoms with Gasteiger partial charge >= 0.3 is 0 Å². The Hall–Kier alpha value is -1.06. The Labute approximate surface area is 109 Å². The second-order valence-corrected chi connectivity index (χ2v) is 5.07. The fourth-order valence-electron chi connectivity index (χ4n) is 2.70. The molecule has 3 nitrogen and oxygen atoms in total. The molecule has 0 spiro atoms. The predicted molar refractivity (Wildman–Crippen MR) is 72.7 cm³/mol. The van der Waals surface area contributed by atoms with Gasteiger partial charge in [-0.15, -0.1) is 0 Å². The second-order valence-electron chi connectivity index (χ2n) is 5.07. The summed E-state index contributed by atoms with van der Waals surface area (Å²) in [4.78, 5) is 0. The van der Waals surface area contributed by atoms with Gasteiger partial charge in [-0.1, -0.05) is 6.07 Å². The Kier molecular flexibility index (Phi) is 5.02. The summed E-state index contributed by atoms with van der Waals surface area (Å²) in [6.07, 6.45) is 6.54. The molecule has 0 bridgehead atoms. The highest BCUT2D eigenvalue weighted by molar-refractivity contribution is 5.38. The van der Waals surface area contributed by atoms with Crippen molar-refractivity contribution in [2.24, 2.45) is 0 Å². The van der Waals surface area contributed by atoms with E-state index in [9.17, 15) is 5.11 Å². The van der Waals surface area contributed by atoms with Gasteiger partial charge in [0.05, 0.1) is 0 Å². The molecule has 1 aliphatic rings. The Balaban J connectivity index is 1.88. The maximum atomic E-state index is 9.50. The average Bonchev–Trinajstić information content (AvgIpc) is 2.38. The van der Waals surface area contributed by atoms with E-state index < -0.39 is 0 Å². The highest BCUT2D eigenvalue weighted by Crippen LogP contribution is 2.31. The number of aromatic hydroxyl groups is 1. The van der Waals surface area contributed by atoms with Crippen LogP contribution >= 0.6 is 0 Å². The average molecular weight is 249 g/mol. The molecule has 0 heterocycles. The molecule has 1 unspecified atom stereocenters. The number of phenolic OH excluding ortho intramolecular Hbond substituents is 1. The largest absolute Gasteiger partial charge is 0.508 e. The molecule has 0 saturated carbocycles. The number of benzene rings is 1. The fourth-order valence-corrected chi connectivity index (χ4v) is 2.70. The number of fused-ring (bicyclic) bond motifs is 1. The first-order chi connectivity index (χ1) is 8.81. The van der Waals surface area contributed by atoms with Gasteiger partial charge in [0.2, 0.25) is 0 Å². The number of hydrogen-bond acceptors (Lipinski definition) is 3. The van der Waals surface area contributed by atoms with Crippen molar-refractivity contribution < 1.29 is 10.2 Å². The molecule has 0 amide bonds. The van der Waals surface area contributed by atoms with Crippen LogP contribution in [0.25, 0.3) is 0 Å². The van der Waals surface area contributed by atoms with Crippen LogP contribution in [0, 0.1) is 0 Å². The summed E-state index contributed by atoms with van der Waals surface area (Å²) in [6, 6.07) is 6.16. The van der Waals surface area contributed by atoms with E-state index in [4.69, 9.17) is 5.11 Å². The molecule has 3 N–H and O–H groups in total. The van der Waals surface area contributed by atoms with Gasteiger partial charge in [0.25, 0.3) is 0 Å². The standard InChI is InChI=1S/C15H23NO2/c17-10-3-1-2-9-16-15-6-4-5-12-11-13(18)7-8-14(12)15/h7-8,11,15-18H,1-6,9-10H2. The van der Waals surface area contributed by atoms with E-state index in [1.807, 2.05) is 6.07 Å². The van der Waals surface area contributed by atoms with Crippen molar-refractivity contribution in [1.82, 2.24) is 5.32 Å². The monoisotopic (exact) mass is 249 g/mol. The maximum Gasteiger partial charge on any atom is 0.115 e. The summed E-state index contributed by atoms with van der Waals surface area (Å²) in [5.41, 5.74) is 2.63. The molecule has 0 aromatic heterocycles. The summed E-state index contributed by atoms with van der Waals surface area (Å²) in [5.74, 6) is 0.373. The van der Waals surface area contributed by atoms with Crippen LogP contribution in [0.5, 0.6) is 5.75 Å². The SMILES string of the molecule is OCCCCCNC1CCCc2cc(O)ccc21. The lowest BCUT2D eigenvalue weighted by atomic mass is 9.87. The number of phenols is 1. The number of rotatable bonds is 6. The predicted octanol–water partition coefficient (Wildman–Crippen LogP) is 2.52. The lowest BCUT2D eigenvalue weighted by Gasteiger charge is -2.26. The smallest absolute Gasteiger partial charge is 0.115 e. The van der Waals surface area contributed by atoms with Gasteiger partial charge in [0.15, 0.2) is 0 Å². The van der Waals surface area contributed by atoms with Crippen LogP contribution in [0.1, 0.15) is 49.3 Å². The van der Waals surface area contributed by atoms with Crippen LogP contribution < -0.4 is 5.32 Å². The normalized spacial score (nSPS) is 18.6. The lowest BCUT2D eigenvalue weighted by Crippen LogP contribution is -2.26. The second kappa shape index (κ2) is 6.76. The molecule has 18 heavy (non-hydrogen) atoms. The van der Waals surface area contributed by atoms with Crippen molar-refractivity contribution in [3.05, 3.63) is 29.3 Å². The number of unbranched alkanes of at least 4 members (excludes halogenated alkanes) is 2. The Morgan fingerprint density at radius 3 is 2.94 bits per heavy atom. The summed E-state index contributed by atoms with van der Waals surface area (Å²) in [5, 5.41) is 21.8. The van der Waals surface area contributed by atoms with E-state index in [2.05, 4.69) is 11.4 Å². The zero-order valence-corrected chi connectivity index (χ0v) is 10.9. The van der Waals surface area contributed by atoms with Crippen LogP contribution in [0.4, 0.5) is 0 Å². The number of nitrogens with one attached hydrogen (secondary N) is 1. The summed E-state index contributed by atoms with van der Waals surface area (Å²) in [6.45, 7) is 1.30. The molecule has 0 aliphatic heterocycles. The summed E-state index contributed by atoms with van der Waals surface area (Å²) < 4.78 is 0. The third kappa shape index (κ3) is 3.47. The third-order valence-corrected chi connectivity index (χ3v) is 3.67. The maximum absolute atomic E-state index is 9.50. The number of hydrogen-bond donors (Lipinski definition) is 3. The molecular weight excluding hydrogens is 226 g/mol. The zero-order valence-electron chi connectivity index (χ0n) is 10.9. The molecule has 3 heteroatoms. The molecule has 0 saturated heterocycles. The minimum absolute atomic E-state index is 0.297. The molecular formula is C15H23NO2. The first-order valence-corrected chi connectivity index (χ1v) is 6.97. The number of aryl methyl sites for hydroxylation is 1. The van der Waals surface area contributed by atoms with Gasteiger partial charge in [-0.2, -0.15) is 0 Å². The van der Waals surface area contributed by atoms with Gasteiger partial charge in [-0.3, -0.25) is 0 Å². The molecule has 1 aromatic rings. The van der Waals surface area contributed by atoms with Crippen LogP contribution in [-0.4, -0.2) is 23.4 Å². The van der Waals surface area contributed by atoms with Gasteiger partial charge in [0.1, 0.15) is 5.75 Å². The molecule has 2 rings (SSSR count). The Morgan fingerprint density at radius 2 is 2.11 bits per heavy atom. The van der Waals surface area contributed by atoms with Gasteiger partial charge in [-0.25, -0.2) is 0 Å². The van der Waals surface area contributed by atoms with Crippen molar-refractivity contribution in [3.63, 3.8) is 0 Å². The van der Waals surface area contributed by atoms with Gasteiger partial charge in [0, 0.05) is 12.6 Å². The lowest BCUT2D eigenvalue weighted by molar-refractivity contribution is 0.282. The van der Waals surface area contributed by atoms with Crippen molar-refractivity contribution >= 4 is 0 Å². The first-order valence-electron chi connectivity index (χ1n) is 6.97. The quantitative estimate of drug-likeness (QED) is 0.679. The molecule has 0 radical (unpaired) electrons. The summed E-state index contributed by atoms with van der Waals surface area (Å²) in [7, 11) is 0. The van der Waals surface area contributed by atoms with Crippen molar-refractivity contribution in [1.29, 1.82) is 0 Å². The van der Waals surface area contributed by atoms with Crippen LogP contribution in [0.3, 0.4) is 0 Å². The number of aliphatic hydroxyl groups excluding tert-OH is 1. The third-order valence-electron chi connectivity index (χ3n) is 3.67. The topological polar surface area (TPSA) is 52.5 Å². The van der Waals surface area contributed by atoms with Crippen molar-refractivity contribution in [2.75, 3.05) is 13.2 Å².